The Balaban J connectivity index is 1.61. The highest BCUT2D eigenvalue weighted by Gasteiger charge is 2.01. The second kappa shape index (κ2) is 8.73. The van der Waals surface area contributed by atoms with E-state index in [1.807, 2.05) is 24.7 Å². The molecule has 3 rings (SSSR count). The number of hydrogen-bond donors (Lipinski definition) is 2. The molecule has 6 heteroatoms. The third-order valence-corrected chi connectivity index (χ3v) is 3.69. The van der Waals surface area contributed by atoms with E-state index in [2.05, 4.69) is 56.4 Å². The van der Waals surface area contributed by atoms with Crippen LogP contribution in [-0.2, 0) is 19.6 Å². The molecule has 0 aliphatic carbocycles. The summed E-state index contributed by atoms with van der Waals surface area (Å²) in [4.78, 5) is 8.73. The van der Waals surface area contributed by atoms with Gasteiger partial charge in [0.1, 0.15) is 5.76 Å². The summed E-state index contributed by atoms with van der Waals surface area (Å²) in [5.74, 6) is 1.66. The number of furan rings is 1. The molecule has 2 heterocycles. The molecule has 25 heavy (non-hydrogen) atoms. The van der Waals surface area contributed by atoms with Gasteiger partial charge in [0.2, 0.25) is 0 Å². The number of nitrogens with zero attached hydrogens (tertiary/aromatic N) is 3. The lowest BCUT2D eigenvalue weighted by molar-refractivity contribution is 0.501. The number of guanidine groups is 1. The van der Waals surface area contributed by atoms with E-state index >= 15 is 0 Å². The van der Waals surface area contributed by atoms with Crippen LogP contribution in [0.3, 0.4) is 0 Å². The van der Waals surface area contributed by atoms with Gasteiger partial charge in [-0.25, -0.2) is 9.98 Å². The van der Waals surface area contributed by atoms with E-state index in [4.69, 9.17) is 4.42 Å². The Morgan fingerprint density at radius 1 is 1.20 bits per heavy atom. The summed E-state index contributed by atoms with van der Waals surface area (Å²) < 4.78 is 7.39. The summed E-state index contributed by atoms with van der Waals surface area (Å²) in [6.45, 7) is 4.90. The molecule has 0 aliphatic rings. The lowest BCUT2D eigenvalue weighted by Crippen LogP contribution is -2.36. The summed E-state index contributed by atoms with van der Waals surface area (Å²) in [5.41, 5.74) is 2.41. The largest absolute Gasteiger partial charge is 0.467 e. The first-order valence-electron chi connectivity index (χ1n) is 8.41. The van der Waals surface area contributed by atoms with E-state index < -0.39 is 0 Å². The molecule has 0 fully saturated rings. The van der Waals surface area contributed by atoms with Gasteiger partial charge in [0.25, 0.3) is 0 Å². The van der Waals surface area contributed by atoms with Gasteiger partial charge in [0, 0.05) is 25.5 Å². The third kappa shape index (κ3) is 5.24. The van der Waals surface area contributed by atoms with Gasteiger partial charge in [-0.15, -0.1) is 0 Å². The Kier molecular flexibility index (Phi) is 5.87. The number of nitrogens with one attached hydrogen (secondary N) is 2. The van der Waals surface area contributed by atoms with Crippen molar-refractivity contribution in [1.29, 1.82) is 0 Å². The molecule has 0 unspecified atom stereocenters. The molecule has 0 bridgehead atoms. The fraction of sp³-hybridized carbons (Fsp3) is 0.263. The number of imidazole rings is 1. The van der Waals surface area contributed by atoms with Gasteiger partial charge >= 0.3 is 0 Å². The second-order valence-corrected chi connectivity index (χ2v) is 5.68. The van der Waals surface area contributed by atoms with Gasteiger partial charge in [0.05, 0.1) is 25.7 Å². The van der Waals surface area contributed by atoms with Crippen LogP contribution >= 0.6 is 0 Å². The van der Waals surface area contributed by atoms with Crippen LogP contribution in [0.5, 0.6) is 0 Å². The first-order chi connectivity index (χ1) is 12.3. The van der Waals surface area contributed by atoms with E-state index in [1.54, 1.807) is 12.5 Å². The Morgan fingerprint density at radius 3 is 2.88 bits per heavy atom. The summed E-state index contributed by atoms with van der Waals surface area (Å²) >= 11 is 0. The third-order valence-electron chi connectivity index (χ3n) is 3.69. The van der Waals surface area contributed by atoms with Gasteiger partial charge in [0.15, 0.2) is 5.96 Å². The maximum Gasteiger partial charge on any atom is 0.191 e. The zero-order valence-corrected chi connectivity index (χ0v) is 14.4. The molecule has 0 aliphatic heterocycles. The zero-order valence-electron chi connectivity index (χ0n) is 14.4. The van der Waals surface area contributed by atoms with Crippen LogP contribution in [0.1, 0.15) is 23.8 Å². The van der Waals surface area contributed by atoms with Crippen LogP contribution in [-0.4, -0.2) is 22.1 Å². The number of rotatable bonds is 7. The van der Waals surface area contributed by atoms with E-state index in [0.717, 1.165) is 24.8 Å². The number of aliphatic imine (C=N–C) groups is 1. The molecule has 2 N–H and O–H groups in total. The quantitative estimate of drug-likeness (QED) is 0.514. The lowest BCUT2D eigenvalue weighted by Gasteiger charge is -2.10. The van der Waals surface area contributed by atoms with E-state index in [-0.39, 0.29) is 0 Å². The van der Waals surface area contributed by atoms with Gasteiger partial charge in [-0.05, 0) is 30.2 Å². The maximum absolute atomic E-state index is 5.34. The topological polar surface area (TPSA) is 67.4 Å². The highest BCUT2D eigenvalue weighted by molar-refractivity contribution is 5.79. The molecule has 130 valence electrons. The van der Waals surface area contributed by atoms with E-state index in [0.29, 0.717) is 13.1 Å². The standard InChI is InChI=1S/C19H23N5O/c1-2-21-19(23-13-18-7-4-10-25-18)22-12-16-5-3-6-17(11-16)14-24-9-8-20-15-24/h3-11,15H,2,12-14H2,1H3,(H2,21,22,23). The molecule has 0 saturated carbocycles. The Bertz CT molecular complexity index is 778. The highest BCUT2D eigenvalue weighted by atomic mass is 16.3. The average Bonchev–Trinajstić information content (AvgIpc) is 3.31. The van der Waals surface area contributed by atoms with Crippen LogP contribution in [0.2, 0.25) is 0 Å². The van der Waals surface area contributed by atoms with Crippen molar-refractivity contribution in [3.63, 3.8) is 0 Å². The zero-order chi connectivity index (χ0) is 17.3. The smallest absolute Gasteiger partial charge is 0.191 e. The molecule has 1 aromatic carbocycles. The van der Waals surface area contributed by atoms with Crippen molar-refractivity contribution in [3.05, 3.63) is 78.3 Å². The van der Waals surface area contributed by atoms with E-state index in [1.165, 1.54) is 11.1 Å². The molecule has 3 aromatic rings. The predicted octanol–water partition coefficient (Wildman–Crippen LogP) is 2.78. The Labute approximate surface area is 147 Å². The average molecular weight is 337 g/mol. The number of hydrogen-bond acceptors (Lipinski definition) is 3. The fourth-order valence-corrected chi connectivity index (χ4v) is 2.51. The van der Waals surface area contributed by atoms with Gasteiger partial charge in [-0.3, -0.25) is 0 Å². The van der Waals surface area contributed by atoms with E-state index in [9.17, 15) is 0 Å². The number of benzene rings is 1. The second-order valence-electron chi connectivity index (χ2n) is 5.68. The summed E-state index contributed by atoms with van der Waals surface area (Å²) in [5, 5.41) is 6.53. The van der Waals surface area contributed by atoms with Crippen molar-refractivity contribution in [3.8, 4) is 0 Å². The molecule has 0 spiro atoms. The lowest BCUT2D eigenvalue weighted by atomic mass is 10.1. The monoisotopic (exact) mass is 337 g/mol. The SMILES string of the molecule is CCNC(=NCc1cccc(Cn2ccnc2)c1)NCc1ccco1. The van der Waals surface area contributed by atoms with Crippen LogP contribution in [0.4, 0.5) is 0 Å². The minimum absolute atomic E-state index is 0.611. The van der Waals surface area contributed by atoms with Crippen LogP contribution in [0.25, 0.3) is 0 Å². The normalized spacial score (nSPS) is 11.5. The Morgan fingerprint density at radius 2 is 2.12 bits per heavy atom. The van der Waals surface area contributed by atoms with Crippen molar-refractivity contribution in [2.45, 2.75) is 26.6 Å². The summed E-state index contributed by atoms with van der Waals surface area (Å²) in [6.07, 6.45) is 7.26. The first kappa shape index (κ1) is 16.8. The van der Waals surface area contributed by atoms with Crippen molar-refractivity contribution < 1.29 is 4.42 Å². The van der Waals surface area contributed by atoms with Gasteiger partial charge < -0.3 is 19.6 Å². The van der Waals surface area contributed by atoms with Crippen molar-refractivity contribution >= 4 is 5.96 Å². The van der Waals surface area contributed by atoms with Gasteiger partial charge in [-0.1, -0.05) is 24.3 Å². The summed E-state index contributed by atoms with van der Waals surface area (Å²) in [7, 11) is 0. The van der Waals surface area contributed by atoms with Crippen molar-refractivity contribution in [2.75, 3.05) is 6.54 Å². The molecular weight excluding hydrogens is 314 g/mol. The van der Waals surface area contributed by atoms with Crippen LogP contribution in [0, 0.1) is 0 Å². The van der Waals surface area contributed by atoms with Crippen molar-refractivity contribution in [1.82, 2.24) is 20.2 Å². The molecule has 2 aromatic heterocycles. The maximum atomic E-state index is 5.34. The molecule has 0 amide bonds. The molecule has 6 nitrogen and oxygen atoms in total. The highest BCUT2D eigenvalue weighted by Crippen LogP contribution is 2.08. The minimum Gasteiger partial charge on any atom is -0.467 e. The van der Waals surface area contributed by atoms with Crippen LogP contribution in [0.15, 0.2) is 70.8 Å². The minimum atomic E-state index is 0.611. The van der Waals surface area contributed by atoms with Crippen LogP contribution < -0.4 is 10.6 Å². The molecule has 0 saturated heterocycles. The number of aromatic nitrogens is 2. The Hall–Kier alpha value is -3.02. The van der Waals surface area contributed by atoms with Gasteiger partial charge in [-0.2, -0.15) is 0 Å². The van der Waals surface area contributed by atoms with Crippen molar-refractivity contribution in [2.24, 2.45) is 4.99 Å². The molecule has 0 atom stereocenters. The fourth-order valence-electron chi connectivity index (χ4n) is 2.51. The molecular formula is C19H23N5O. The predicted molar refractivity (Wildman–Crippen MR) is 98.1 cm³/mol. The molecule has 0 radical (unpaired) electrons. The first-order valence-corrected chi connectivity index (χ1v) is 8.41. The summed E-state index contributed by atoms with van der Waals surface area (Å²) in [6, 6.07) is 12.3.